The van der Waals surface area contributed by atoms with Crippen molar-refractivity contribution in [3.05, 3.63) is 10.8 Å². The van der Waals surface area contributed by atoms with E-state index >= 15 is 0 Å². The lowest BCUT2D eigenvalue weighted by molar-refractivity contribution is 0.719. The Morgan fingerprint density at radius 3 is 3.44 bits per heavy atom. The molecular formula is C5H5BrN2S. The highest BCUT2D eigenvalue weighted by atomic mass is 79.9. The van der Waals surface area contributed by atoms with Gasteiger partial charge in [-0.05, 0) is 15.9 Å². The van der Waals surface area contributed by atoms with Crippen LogP contribution in [0.3, 0.4) is 0 Å². The highest BCUT2D eigenvalue weighted by Gasteiger charge is 2.12. The van der Waals surface area contributed by atoms with Gasteiger partial charge in [0.15, 0.2) is 5.16 Å². The first-order chi connectivity index (χ1) is 4.36. The number of fused-ring (bicyclic) bond motifs is 1. The van der Waals surface area contributed by atoms with E-state index in [1.165, 1.54) is 5.75 Å². The van der Waals surface area contributed by atoms with Crippen LogP contribution < -0.4 is 0 Å². The maximum atomic E-state index is 4.23. The smallest absolute Gasteiger partial charge is 0.169 e. The van der Waals surface area contributed by atoms with Gasteiger partial charge >= 0.3 is 0 Å². The average molecular weight is 205 g/mol. The summed E-state index contributed by atoms with van der Waals surface area (Å²) in [7, 11) is 0. The number of aryl methyl sites for hydroxylation is 1. The molecule has 0 unspecified atom stereocenters. The molecule has 0 spiro atoms. The lowest BCUT2D eigenvalue weighted by Gasteiger charge is -1.86. The highest BCUT2D eigenvalue weighted by molar-refractivity contribution is 9.10. The van der Waals surface area contributed by atoms with Crippen LogP contribution in [0.5, 0.6) is 0 Å². The summed E-state index contributed by atoms with van der Waals surface area (Å²) in [5.74, 6) is 1.18. The molecule has 2 heterocycles. The molecule has 0 aromatic carbocycles. The fourth-order valence-electron chi connectivity index (χ4n) is 0.879. The van der Waals surface area contributed by atoms with Gasteiger partial charge in [0.25, 0.3) is 0 Å². The minimum absolute atomic E-state index is 0.949. The second-order valence-electron chi connectivity index (χ2n) is 1.89. The van der Waals surface area contributed by atoms with E-state index in [0.717, 1.165) is 16.3 Å². The molecule has 0 N–H and O–H groups in total. The summed E-state index contributed by atoms with van der Waals surface area (Å²) >= 11 is 5.12. The van der Waals surface area contributed by atoms with E-state index < -0.39 is 0 Å². The molecule has 0 amide bonds. The van der Waals surface area contributed by atoms with E-state index in [2.05, 4.69) is 25.5 Å². The van der Waals surface area contributed by atoms with Crippen molar-refractivity contribution in [2.45, 2.75) is 11.7 Å². The molecule has 0 saturated heterocycles. The molecule has 0 saturated carbocycles. The molecule has 1 aromatic rings. The normalized spacial score (nSPS) is 16.1. The SMILES string of the molecule is Brc1cn2c(n1)SCC2. The van der Waals surface area contributed by atoms with Gasteiger partial charge in [-0.2, -0.15) is 0 Å². The predicted molar refractivity (Wildman–Crippen MR) is 40.7 cm³/mol. The van der Waals surface area contributed by atoms with Gasteiger partial charge < -0.3 is 4.57 Å². The second kappa shape index (κ2) is 2.02. The summed E-state index contributed by atoms with van der Waals surface area (Å²) in [5, 5.41) is 1.14. The molecular weight excluding hydrogens is 200 g/mol. The first-order valence-electron chi connectivity index (χ1n) is 2.72. The van der Waals surface area contributed by atoms with Crippen molar-refractivity contribution in [3.8, 4) is 0 Å². The Morgan fingerprint density at radius 2 is 2.67 bits per heavy atom. The van der Waals surface area contributed by atoms with Gasteiger partial charge in [-0.1, -0.05) is 11.8 Å². The summed E-state index contributed by atoms with van der Waals surface area (Å²) in [6.07, 6.45) is 2.02. The minimum atomic E-state index is 0.949. The van der Waals surface area contributed by atoms with Crippen molar-refractivity contribution in [2.24, 2.45) is 0 Å². The van der Waals surface area contributed by atoms with Gasteiger partial charge in [0.1, 0.15) is 4.60 Å². The summed E-state index contributed by atoms with van der Waals surface area (Å²) in [4.78, 5) is 4.23. The van der Waals surface area contributed by atoms with Crippen LogP contribution in [0.15, 0.2) is 16.0 Å². The van der Waals surface area contributed by atoms with Crippen LogP contribution in [0, 0.1) is 0 Å². The first-order valence-corrected chi connectivity index (χ1v) is 4.49. The van der Waals surface area contributed by atoms with Gasteiger partial charge in [0.2, 0.25) is 0 Å². The number of nitrogens with zero attached hydrogens (tertiary/aromatic N) is 2. The second-order valence-corrected chi connectivity index (χ2v) is 3.76. The third-order valence-electron chi connectivity index (χ3n) is 1.27. The first kappa shape index (κ1) is 5.80. The number of hydrogen-bond donors (Lipinski definition) is 0. The van der Waals surface area contributed by atoms with Gasteiger partial charge in [0.05, 0.1) is 0 Å². The summed E-state index contributed by atoms with van der Waals surface area (Å²) in [6, 6.07) is 0. The van der Waals surface area contributed by atoms with Crippen LogP contribution in [-0.2, 0) is 6.54 Å². The van der Waals surface area contributed by atoms with Crippen molar-refractivity contribution < 1.29 is 0 Å². The molecule has 2 rings (SSSR count). The van der Waals surface area contributed by atoms with Crippen LogP contribution in [-0.4, -0.2) is 15.3 Å². The Labute approximate surface area is 65.8 Å². The lowest BCUT2D eigenvalue weighted by Crippen LogP contribution is -1.88. The molecule has 0 radical (unpaired) electrons. The van der Waals surface area contributed by atoms with Crippen molar-refractivity contribution >= 4 is 27.7 Å². The van der Waals surface area contributed by atoms with Gasteiger partial charge in [-0.15, -0.1) is 0 Å². The largest absolute Gasteiger partial charge is 0.324 e. The van der Waals surface area contributed by atoms with Crippen LogP contribution in [0.1, 0.15) is 0 Å². The maximum Gasteiger partial charge on any atom is 0.169 e. The van der Waals surface area contributed by atoms with E-state index in [9.17, 15) is 0 Å². The molecule has 0 atom stereocenters. The Hall–Kier alpha value is 0.0400. The fraction of sp³-hybridized carbons (Fsp3) is 0.400. The van der Waals surface area contributed by atoms with Crippen molar-refractivity contribution in [2.75, 3.05) is 5.75 Å². The summed E-state index contributed by atoms with van der Waals surface area (Å²) in [6.45, 7) is 1.11. The Balaban J connectivity index is 2.51. The van der Waals surface area contributed by atoms with E-state index in [-0.39, 0.29) is 0 Å². The predicted octanol–water partition coefficient (Wildman–Crippen LogP) is 1.75. The van der Waals surface area contributed by atoms with Crippen LogP contribution in [0.2, 0.25) is 0 Å². The molecule has 0 fully saturated rings. The lowest BCUT2D eigenvalue weighted by atomic mass is 10.7. The van der Waals surface area contributed by atoms with Gasteiger partial charge in [-0.25, -0.2) is 4.98 Å². The molecule has 1 aromatic heterocycles. The van der Waals surface area contributed by atoms with Crippen molar-refractivity contribution in [1.29, 1.82) is 0 Å². The Bertz CT molecular complexity index is 211. The zero-order valence-corrected chi connectivity index (χ0v) is 7.07. The van der Waals surface area contributed by atoms with E-state index in [0.29, 0.717) is 0 Å². The summed E-state index contributed by atoms with van der Waals surface area (Å²) in [5.41, 5.74) is 0. The standard InChI is InChI=1S/C5H5BrN2S/c6-4-3-8-1-2-9-5(8)7-4/h3H,1-2H2. The van der Waals surface area contributed by atoms with E-state index in [1.807, 2.05) is 18.0 Å². The average Bonchev–Trinajstić information content (AvgIpc) is 2.22. The van der Waals surface area contributed by atoms with E-state index in [4.69, 9.17) is 0 Å². The molecule has 4 heteroatoms. The number of halogens is 1. The zero-order chi connectivity index (χ0) is 6.27. The zero-order valence-electron chi connectivity index (χ0n) is 4.67. The van der Waals surface area contributed by atoms with Gasteiger partial charge in [-0.3, -0.25) is 0 Å². The minimum Gasteiger partial charge on any atom is -0.324 e. The molecule has 0 aliphatic carbocycles. The Kier molecular flexibility index (Phi) is 1.30. The number of imidazole rings is 1. The molecule has 2 nitrogen and oxygen atoms in total. The van der Waals surface area contributed by atoms with Crippen molar-refractivity contribution in [1.82, 2.24) is 9.55 Å². The molecule has 0 bridgehead atoms. The summed E-state index contributed by atoms with van der Waals surface area (Å²) < 4.78 is 3.11. The highest BCUT2D eigenvalue weighted by Crippen LogP contribution is 2.25. The molecule has 9 heavy (non-hydrogen) atoms. The fourth-order valence-corrected chi connectivity index (χ4v) is 2.35. The quantitative estimate of drug-likeness (QED) is 0.642. The molecule has 1 aliphatic heterocycles. The number of rotatable bonds is 0. The third-order valence-corrected chi connectivity index (χ3v) is 2.63. The number of hydrogen-bond acceptors (Lipinski definition) is 2. The van der Waals surface area contributed by atoms with Crippen molar-refractivity contribution in [3.63, 3.8) is 0 Å². The number of aromatic nitrogens is 2. The monoisotopic (exact) mass is 204 g/mol. The number of thioether (sulfide) groups is 1. The third kappa shape index (κ3) is 0.901. The Morgan fingerprint density at radius 1 is 1.78 bits per heavy atom. The van der Waals surface area contributed by atoms with Crippen LogP contribution in [0.25, 0.3) is 0 Å². The topological polar surface area (TPSA) is 17.8 Å². The van der Waals surface area contributed by atoms with E-state index in [1.54, 1.807) is 0 Å². The maximum absolute atomic E-state index is 4.23. The molecule has 1 aliphatic rings. The van der Waals surface area contributed by atoms with Gasteiger partial charge in [0, 0.05) is 18.5 Å². The van der Waals surface area contributed by atoms with Crippen LogP contribution in [0.4, 0.5) is 0 Å². The molecule has 48 valence electrons. The van der Waals surface area contributed by atoms with Crippen LogP contribution >= 0.6 is 27.7 Å².